The molecule has 3 aliphatic heterocycles. The predicted octanol–water partition coefficient (Wildman–Crippen LogP) is -0.450. The highest BCUT2D eigenvalue weighted by Gasteiger charge is 2.62. The van der Waals surface area contributed by atoms with Gasteiger partial charge in [0.05, 0.1) is 13.7 Å². The van der Waals surface area contributed by atoms with Crippen molar-refractivity contribution in [3.8, 4) is 5.75 Å². The van der Waals surface area contributed by atoms with Crippen LogP contribution in [0.2, 0.25) is 0 Å². The number of hydrogen-bond acceptors (Lipinski definition) is 10. The Bertz CT molecular complexity index is 953. The number of nitrogens with one attached hydrogen (secondary N) is 3. The molecule has 4 rings (SSSR count). The molecular formula is C21H29N3O10. The number of methoxy groups -OCH3 is 1. The fourth-order valence-corrected chi connectivity index (χ4v) is 4.22. The van der Waals surface area contributed by atoms with Crippen molar-refractivity contribution in [1.29, 1.82) is 0 Å². The summed E-state index contributed by atoms with van der Waals surface area (Å²) in [6.45, 7) is 6.47. The Morgan fingerprint density at radius 2 is 1.74 bits per heavy atom. The van der Waals surface area contributed by atoms with E-state index in [0.29, 0.717) is 5.75 Å². The Balaban J connectivity index is 1.41. The second-order valence-electron chi connectivity index (χ2n) is 9.07. The second kappa shape index (κ2) is 9.02. The van der Waals surface area contributed by atoms with Gasteiger partial charge < -0.3 is 44.3 Å². The molecule has 0 aromatic heterocycles. The summed E-state index contributed by atoms with van der Waals surface area (Å²) in [7, 11) is 1.40. The number of amides is 2. The van der Waals surface area contributed by atoms with E-state index in [1.807, 2.05) is 0 Å². The molecule has 3 aliphatic rings. The molecule has 0 spiro atoms. The average Bonchev–Trinajstić information content (AvgIpc) is 3.25. The summed E-state index contributed by atoms with van der Waals surface area (Å²) >= 11 is 0. The van der Waals surface area contributed by atoms with Gasteiger partial charge in [-0.25, -0.2) is 5.21 Å². The smallest absolute Gasteiger partial charge is 0.252 e. The van der Waals surface area contributed by atoms with Gasteiger partial charge in [-0.2, -0.15) is 5.23 Å². The van der Waals surface area contributed by atoms with Crippen LogP contribution in [-0.2, 0) is 33.3 Å². The number of benzene rings is 1. The van der Waals surface area contributed by atoms with Crippen LogP contribution in [0.4, 0.5) is 11.4 Å². The zero-order valence-electron chi connectivity index (χ0n) is 19.4. The quantitative estimate of drug-likeness (QED) is 0.390. The minimum Gasteiger partial charge on any atom is -0.595 e. The molecule has 0 saturated carbocycles. The molecule has 2 amide bonds. The van der Waals surface area contributed by atoms with E-state index < -0.39 is 65.9 Å². The maximum atomic E-state index is 13.0. The predicted molar refractivity (Wildman–Crippen MR) is 113 cm³/mol. The van der Waals surface area contributed by atoms with Gasteiger partial charge >= 0.3 is 0 Å². The van der Waals surface area contributed by atoms with Crippen LogP contribution in [-0.4, -0.2) is 73.0 Å². The highest BCUT2D eigenvalue weighted by atomic mass is 16.9. The molecule has 188 valence electrons. The lowest BCUT2D eigenvalue weighted by atomic mass is 9.98. The van der Waals surface area contributed by atoms with Crippen molar-refractivity contribution in [2.24, 2.45) is 0 Å². The van der Waals surface area contributed by atoms with Gasteiger partial charge in [-0.15, -0.1) is 0 Å². The van der Waals surface area contributed by atoms with Crippen molar-refractivity contribution < 1.29 is 48.4 Å². The topological polar surface area (TPSA) is 161 Å². The molecule has 3 fully saturated rings. The van der Waals surface area contributed by atoms with E-state index >= 15 is 0 Å². The van der Waals surface area contributed by atoms with Gasteiger partial charge in [0.25, 0.3) is 5.91 Å². The van der Waals surface area contributed by atoms with Crippen LogP contribution in [0.3, 0.4) is 0 Å². The van der Waals surface area contributed by atoms with Crippen molar-refractivity contribution in [2.45, 2.75) is 70.0 Å². The van der Waals surface area contributed by atoms with Crippen LogP contribution in [0.25, 0.3) is 0 Å². The largest absolute Gasteiger partial charge is 0.595 e. The number of carbonyl (C=O) groups is 2. The Hall–Kier alpha value is -2.36. The number of anilines is 1. The zero-order valence-corrected chi connectivity index (χ0v) is 19.4. The molecule has 3 saturated heterocycles. The first-order valence-corrected chi connectivity index (χ1v) is 10.7. The van der Waals surface area contributed by atoms with Crippen LogP contribution >= 0.6 is 0 Å². The lowest BCUT2D eigenvalue weighted by molar-refractivity contribution is -0.990. The standard InChI is InChI=1S/C21H29N3O10/c1-20(2)31-14-15(32-20)17-19(34-21(3,4)33-17)30-16(14)18(26)22-9-13(25)23-11-7-6-10(29-5)8-12(11)24(27)28/h6-8,14-17,19,24,27H,9H2,1-5H3,(H,22,26)(H,23,25)/t14-,15-,16+,17-,19+/m1/s1. The highest BCUT2D eigenvalue weighted by molar-refractivity contribution is 5.97. The number of rotatable bonds is 6. The van der Waals surface area contributed by atoms with Crippen LogP contribution in [0, 0.1) is 5.21 Å². The van der Waals surface area contributed by atoms with Crippen LogP contribution < -0.4 is 20.6 Å². The highest BCUT2D eigenvalue weighted by Crippen LogP contribution is 2.44. The third-order valence-electron chi connectivity index (χ3n) is 5.57. The van der Waals surface area contributed by atoms with E-state index in [2.05, 4.69) is 10.6 Å². The SMILES string of the molecule is COc1ccc(NC(=O)CNC(=O)[C@H]2O[C@H]3OC(C)(C)O[C@@H]3[C@@H]3OC(C)(C)O[C@H]32)c([NH+]([O-])O)c1. The van der Waals surface area contributed by atoms with Crippen molar-refractivity contribution in [3.63, 3.8) is 0 Å². The molecule has 1 aromatic rings. The molecule has 13 nitrogen and oxygen atoms in total. The molecule has 3 heterocycles. The minimum absolute atomic E-state index is 0.0670. The van der Waals surface area contributed by atoms with E-state index in [-0.39, 0.29) is 11.4 Å². The Kier molecular flexibility index (Phi) is 6.56. The van der Waals surface area contributed by atoms with E-state index in [9.17, 15) is 20.0 Å². The van der Waals surface area contributed by atoms with Gasteiger partial charge in [0.15, 0.2) is 29.7 Å². The molecule has 0 aliphatic carbocycles. The maximum Gasteiger partial charge on any atom is 0.252 e. The van der Waals surface area contributed by atoms with Crippen LogP contribution in [0.15, 0.2) is 18.2 Å². The molecule has 6 atom stereocenters. The van der Waals surface area contributed by atoms with Crippen molar-refractivity contribution >= 4 is 23.2 Å². The van der Waals surface area contributed by atoms with Gasteiger partial charge in [-0.05, 0) is 39.8 Å². The second-order valence-corrected chi connectivity index (χ2v) is 9.07. The third kappa shape index (κ3) is 5.01. The Labute approximate surface area is 195 Å². The number of ether oxygens (including phenoxy) is 6. The Morgan fingerprint density at radius 1 is 1.09 bits per heavy atom. The van der Waals surface area contributed by atoms with E-state index in [1.54, 1.807) is 27.7 Å². The lowest BCUT2D eigenvalue weighted by Crippen LogP contribution is -2.99. The molecule has 34 heavy (non-hydrogen) atoms. The van der Waals surface area contributed by atoms with E-state index in [4.69, 9.17) is 28.4 Å². The van der Waals surface area contributed by atoms with E-state index in [0.717, 1.165) is 0 Å². The summed E-state index contributed by atoms with van der Waals surface area (Å²) < 4.78 is 34.4. The molecule has 13 heteroatoms. The third-order valence-corrected chi connectivity index (χ3v) is 5.57. The molecule has 4 N–H and O–H groups in total. The monoisotopic (exact) mass is 483 g/mol. The van der Waals surface area contributed by atoms with Gasteiger partial charge in [0.1, 0.15) is 29.7 Å². The summed E-state index contributed by atoms with van der Waals surface area (Å²) in [6.07, 6.45) is -3.95. The van der Waals surface area contributed by atoms with Gasteiger partial charge in [0.2, 0.25) is 5.91 Å². The number of fused-ring (bicyclic) bond motifs is 3. The average molecular weight is 483 g/mol. The van der Waals surface area contributed by atoms with E-state index in [1.165, 1.54) is 25.3 Å². The van der Waals surface area contributed by atoms with Crippen LogP contribution in [0.1, 0.15) is 27.7 Å². The first-order chi connectivity index (χ1) is 15.9. The zero-order chi connectivity index (χ0) is 24.8. The first kappa shape index (κ1) is 24.8. The van der Waals surface area contributed by atoms with Crippen molar-refractivity contribution in [3.05, 3.63) is 23.4 Å². The number of carbonyl (C=O) groups excluding carboxylic acids is 2. The van der Waals surface area contributed by atoms with Gasteiger partial charge in [-0.1, -0.05) is 0 Å². The first-order valence-electron chi connectivity index (χ1n) is 10.7. The summed E-state index contributed by atoms with van der Waals surface area (Å²) in [5.41, 5.74) is -0.0827. The number of hydrogen-bond donors (Lipinski definition) is 4. The number of quaternary nitrogens is 1. The molecule has 1 unspecified atom stereocenters. The summed E-state index contributed by atoms with van der Waals surface area (Å²) in [4.78, 5) is 25.4. The summed E-state index contributed by atoms with van der Waals surface area (Å²) in [5, 5.41) is 24.6. The fraction of sp³-hybridized carbons (Fsp3) is 0.619. The van der Waals surface area contributed by atoms with Crippen molar-refractivity contribution in [1.82, 2.24) is 5.32 Å². The molecule has 1 aromatic carbocycles. The van der Waals surface area contributed by atoms with Gasteiger partial charge in [0, 0.05) is 6.07 Å². The normalized spacial score (nSPS) is 31.8. The maximum absolute atomic E-state index is 13.0. The summed E-state index contributed by atoms with van der Waals surface area (Å²) in [6, 6.07) is 4.20. The molecule has 0 bridgehead atoms. The minimum atomic E-state index is -1.24. The van der Waals surface area contributed by atoms with Crippen molar-refractivity contribution in [2.75, 3.05) is 19.0 Å². The van der Waals surface area contributed by atoms with Gasteiger partial charge in [-0.3, -0.25) is 9.59 Å². The Morgan fingerprint density at radius 3 is 2.41 bits per heavy atom. The fourth-order valence-electron chi connectivity index (χ4n) is 4.22. The van der Waals surface area contributed by atoms with Crippen LogP contribution in [0.5, 0.6) is 5.75 Å². The summed E-state index contributed by atoms with van der Waals surface area (Å²) in [5.74, 6) is -2.81. The molecule has 0 radical (unpaired) electrons. The molecular weight excluding hydrogens is 454 g/mol. The lowest BCUT2D eigenvalue weighted by Gasteiger charge is -2.36.